The van der Waals surface area contributed by atoms with E-state index in [1.165, 1.54) is 0 Å². The molecule has 0 rings (SSSR count). The summed E-state index contributed by atoms with van der Waals surface area (Å²) >= 11 is 0. The molecule has 0 radical (unpaired) electrons. The van der Waals surface area contributed by atoms with Gasteiger partial charge in [-0.2, -0.15) is 0 Å². The van der Waals surface area contributed by atoms with Gasteiger partial charge in [-0.05, 0) is 12.8 Å². The Bertz CT molecular complexity index is 134. The van der Waals surface area contributed by atoms with E-state index < -0.39 is 0 Å². The Balaban J connectivity index is 3.45. The molecule has 0 aromatic heterocycles. The van der Waals surface area contributed by atoms with E-state index in [0.29, 0.717) is 6.42 Å². The Morgan fingerprint density at radius 1 is 1.50 bits per heavy atom. The van der Waals surface area contributed by atoms with E-state index in [9.17, 15) is 0 Å². The van der Waals surface area contributed by atoms with Gasteiger partial charge in [0.1, 0.15) is 0 Å². The Labute approximate surface area is 62.4 Å². The van der Waals surface area contributed by atoms with Gasteiger partial charge in [-0.25, -0.2) is 0 Å². The molecule has 0 aromatic carbocycles. The van der Waals surface area contributed by atoms with Crippen LogP contribution in [-0.2, 0) is 0 Å². The average molecular weight is 138 g/mol. The van der Waals surface area contributed by atoms with Crippen LogP contribution in [0.1, 0.15) is 12.8 Å². The van der Waals surface area contributed by atoms with Crippen LogP contribution in [0, 0.1) is 0 Å². The highest BCUT2D eigenvalue weighted by Gasteiger charge is 1.81. The van der Waals surface area contributed by atoms with Crippen LogP contribution in [0.3, 0.4) is 0 Å². The molecule has 0 saturated heterocycles. The lowest BCUT2D eigenvalue weighted by atomic mass is 10.2. The average Bonchev–Trinajstić information content (AvgIpc) is 1.89. The van der Waals surface area contributed by atoms with E-state index in [2.05, 4.69) is 13.2 Å². The number of allylic oxidation sites excluding steroid dienone is 3. The first kappa shape index (κ1) is 9.18. The molecule has 1 heteroatoms. The summed E-state index contributed by atoms with van der Waals surface area (Å²) in [6.45, 7) is 7.57. The monoisotopic (exact) mass is 138 g/mol. The number of hydrogen-bond acceptors (Lipinski definition) is 1. The third-order valence-electron chi connectivity index (χ3n) is 1.06. The number of aliphatic hydroxyl groups excluding tert-OH is 1. The summed E-state index contributed by atoms with van der Waals surface area (Å²) < 4.78 is 0. The van der Waals surface area contributed by atoms with Gasteiger partial charge in [0.15, 0.2) is 0 Å². The lowest BCUT2D eigenvalue weighted by Crippen LogP contribution is -1.76. The Hall–Kier alpha value is -0.820. The number of rotatable bonds is 5. The third-order valence-corrected chi connectivity index (χ3v) is 1.06. The van der Waals surface area contributed by atoms with Crippen molar-refractivity contribution in [3.8, 4) is 0 Å². The molecule has 1 N–H and O–H groups in total. The summed E-state index contributed by atoms with van der Waals surface area (Å²) in [4.78, 5) is 0. The van der Waals surface area contributed by atoms with Crippen molar-refractivity contribution >= 4 is 0 Å². The molecule has 0 spiro atoms. The Kier molecular flexibility index (Phi) is 5.79. The van der Waals surface area contributed by atoms with Crippen LogP contribution in [0.25, 0.3) is 0 Å². The zero-order chi connectivity index (χ0) is 7.82. The largest absolute Gasteiger partial charge is 0.396 e. The van der Waals surface area contributed by atoms with Crippen molar-refractivity contribution in [1.82, 2.24) is 0 Å². The summed E-state index contributed by atoms with van der Waals surface area (Å²) in [5.74, 6) is 0. The first-order chi connectivity index (χ1) is 4.81. The van der Waals surface area contributed by atoms with Gasteiger partial charge in [0.25, 0.3) is 0 Å². The summed E-state index contributed by atoms with van der Waals surface area (Å²) in [6.07, 6.45) is 7.16. The van der Waals surface area contributed by atoms with E-state index in [-0.39, 0.29) is 6.61 Å². The first-order valence-corrected chi connectivity index (χ1v) is 3.37. The molecular formula is C9H14O. The van der Waals surface area contributed by atoms with E-state index in [4.69, 9.17) is 5.11 Å². The maximum atomic E-state index is 8.41. The van der Waals surface area contributed by atoms with E-state index in [1.54, 1.807) is 0 Å². The Morgan fingerprint density at radius 2 is 2.20 bits per heavy atom. The molecule has 0 saturated carbocycles. The molecule has 0 bridgehead atoms. The summed E-state index contributed by atoms with van der Waals surface area (Å²) in [6, 6.07) is 0. The van der Waals surface area contributed by atoms with Gasteiger partial charge in [-0.15, -0.1) is 6.58 Å². The highest BCUT2D eigenvalue weighted by atomic mass is 16.2. The molecule has 0 amide bonds. The normalized spacial score (nSPS) is 10.1. The SMILES string of the molecule is C=CCC(=C)/C=C\CCO. The minimum Gasteiger partial charge on any atom is -0.396 e. The van der Waals surface area contributed by atoms with Crippen LogP contribution in [0.5, 0.6) is 0 Å². The van der Waals surface area contributed by atoms with Crippen molar-refractivity contribution in [2.45, 2.75) is 12.8 Å². The van der Waals surface area contributed by atoms with Crippen LogP contribution in [-0.4, -0.2) is 11.7 Å². The van der Waals surface area contributed by atoms with E-state index in [0.717, 1.165) is 12.0 Å². The van der Waals surface area contributed by atoms with Gasteiger partial charge < -0.3 is 5.11 Å². The van der Waals surface area contributed by atoms with Crippen molar-refractivity contribution in [3.05, 3.63) is 37.0 Å². The summed E-state index contributed by atoms with van der Waals surface area (Å²) in [5.41, 5.74) is 1.03. The van der Waals surface area contributed by atoms with Crippen molar-refractivity contribution in [3.63, 3.8) is 0 Å². The highest BCUT2D eigenvalue weighted by Crippen LogP contribution is 2.00. The van der Waals surface area contributed by atoms with Gasteiger partial charge in [0.2, 0.25) is 0 Å². The van der Waals surface area contributed by atoms with Gasteiger partial charge in [0.05, 0.1) is 0 Å². The van der Waals surface area contributed by atoms with Gasteiger partial charge in [-0.3, -0.25) is 0 Å². The molecule has 0 aromatic rings. The minimum atomic E-state index is 0.206. The van der Waals surface area contributed by atoms with Crippen LogP contribution >= 0.6 is 0 Å². The smallest absolute Gasteiger partial charge is 0.0465 e. The van der Waals surface area contributed by atoms with E-state index in [1.807, 2.05) is 18.2 Å². The second-order valence-electron chi connectivity index (χ2n) is 2.07. The summed E-state index contributed by atoms with van der Waals surface area (Å²) in [5, 5.41) is 8.41. The maximum absolute atomic E-state index is 8.41. The molecule has 10 heavy (non-hydrogen) atoms. The van der Waals surface area contributed by atoms with Crippen molar-refractivity contribution < 1.29 is 5.11 Å². The number of hydrogen-bond donors (Lipinski definition) is 1. The Morgan fingerprint density at radius 3 is 2.70 bits per heavy atom. The van der Waals surface area contributed by atoms with Gasteiger partial charge >= 0.3 is 0 Å². The van der Waals surface area contributed by atoms with Crippen LogP contribution in [0.15, 0.2) is 37.0 Å². The van der Waals surface area contributed by atoms with Crippen molar-refractivity contribution in [2.24, 2.45) is 0 Å². The van der Waals surface area contributed by atoms with Crippen LogP contribution < -0.4 is 0 Å². The minimum absolute atomic E-state index is 0.206. The lowest BCUT2D eigenvalue weighted by Gasteiger charge is -1.90. The molecule has 1 nitrogen and oxygen atoms in total. The topological polar surface area (TPSA) is 20.2 Å². The summed E-state index contributed by atoms with van der Waals surface area (Å²) in [7, 11) is 0. The van der Waals surface area contributed by atoms with Crippen LogP contribution in [0.2, 0.25) is 0 Å². The highest BCUT2D eigenvalue weighted by molar-refractivity contribution is 5.16. The molecule has 0 unspecified atom stereocenters. The second-order valence-corrected chi connectivity index (χ2v) is 2.07. The predicted molar refractivity (Wildman–Crippen MR) is 44.8 cm³/mol. The maximum Gasteiger partial charge on any atom is 0.0465 e. The molecule has 56 valence electrons. The lowest BCUT2D eigenvalue weighted by molar-refractivity contribution is 0.302. The van der Waals surface area contributed by atoms with Gasteiger partial charge in [-0.1, -0.05) is 30.4 Å². The molecule has 0 heterocycles. The number of aliphatic hydroxyl groups is 1. The third kappa shape index (κ3) is 5.32. The fourth-order valence-electron chi connectivity index (χ4n) is 0.578. The molecular weight excluding hydrogens is 124 g/mol. The fourth-order valence-corrected chi connectivity index (χ4v) is 0.578. The second kappa shape index (κ2) is 6.30. The molecule has 0 atom stereocenters. The zero-order valence-corrected chi connectivity index (χ0v) is 6.21. The molecule has 0 aliphatic heterocycles. The quantitative estimate of drug-likeness (QED) is 0.455. The van der Waals surface area contributed by atoms with E-state index >= 15 is 0 Å². The van der Waals surface area contributed by atoms with Crippen molar-refractivity contribution in [1.29, 1.82) is 0 Å². The standard InChI is InChI=1S/C9H14O/c1-3-6-9(2)7-4-5-8-10/h3-4,7,10H,1-2,5-6,8H2/b7-4-. The molecule has 0 aliphatic carbocycles. The molecule has 0 fully saturated rings. The van der Waals surface area contributed by atoms with Crippen molar-refractivity contribution in [2.75, 3.05) is 6.61 Å². The zero-order valence-electron chi connectivity index (χ0n) is 6.21. The fraction of sp³-hybridized carbons (Fsp3) is 0.333. The first-order valence-electron chi connectivity index (χ1n) is 3.37. The van der Waals surface area contributed by atoms with Crippen LogP contribution in [0.4, 0.5) is 0 Å². The predicted octanol–water partition coefficient (Wildman–Crippen LogP) is 2.06. The van der Waals surface area contributed by atoms with Gasteiger partial charge in [0, 0.05) is 6.61 Å². The molecule has 0 aliphatic rings.